The molecule has 1 saturated heterocycles. The summed E-state index contributed by atoms with van der Waals surface area (Å²) in [6.45, 7) is 2.05. The first-order valence-electron chi connectivity index (χ1n) is 8.50. The summed E-state index contributed by atoms with van der Waals surface area (Å²) in [6.07, 6.45) is 3.61. The molecule has 2 amide bonds. The number of amides is 2. The smallest absolute Gasteiger partial charge is 0.257 e. The first-order chi connectivity index (χ1) is 12.1. The molecule has 0 radical (unpaired) electrons. The summed E-state index contributed by atoms with van der Waals surface area (Å²) < 4.78 is 18.8. The number of benzene rings is 1. The monoisotopic (exact) mass is 342 g/mol. The molecule has 1 aromatic heterocycles. The normalized spacial score (nSPS) is 22.8. The van der Waals surface area contributed by atoms with Gasteiger partial charge in [-0.15, -0.1) is 0 Å². The lowest BCUT2D eigenvalue weighted by molar-refractivity contribution is -0.134. The Bertz CT molecular complexity index is 782. The van der Waals surface area contributed by atoms with Gasteiger partial charge in [-0.25, -0.2) is 4.39 Å². The summed E-state index contributed by atoms with van der Waals surface area (Å²) in [7, 11) is 0. The van der Waals surface area contributed by atoms with Gasteiger partial charge in [0.25, 0.3) is 5.91 Å². The summed E-state index contributed by atoms with van der Waals surface area (Å²) in [5.41, 5.74) is 1.16. The van der Waals surface area contributed by atoms with Crippen molar-refractivity contribution in [2.45, 2.75) is 12.3 Å². The van der Waals surface area contributed by atoms with Gasteiger partial charge in [-0.3, -0.25) is 9.59 Å². The van der Waals surface area contributed by atoms with Crippen LogP contribution >= 0.6 is 0 Å². The molecule has 1 aliphatic heterocycles. The minimum Gasteiger partial charge on any atom is -0.472 e. The van der Waals surface area contributed by atoms with E-state index in [0.29, 0.717) is 43.7 Å². The van der Waals surface area contributed by atoms with Crippen molar-refractivity contribution in [1.82, 2.24) is 9.80 Å². The lowest BCUT2D eigenvalue weighted by Crippen LogP contribution is -2.51. The number of furan rings is 1. The summed E-state index contributed by atoms with van der Waals surface area (Å²) in [6, 6.07) is 8.31. The van der Waals surface area contributed by atoms with E-state index < -0.39 is 0 Å². The molecule has 2 heterocycles. The molecule has 0 spiro atoms. The zero-order valence-electron chi connectivity index (χ0n) is 13.7. The maximum absolute atomic E-state index is 13.9. The van der Waals surface area contributed by atoms with Crippen molar-refractivity contribution < 1.29 is 18.4 Å². The highest BCUT2D eigenvalue weighted by Crippen LogP contribution is 2.49. The van der Waals surface area contributed by atoms with Crippen LogP contribution in [-0.4, -0.2) is 47.8 Å². The highest BCUT2D eigenvalue weighted by atomic mass is 19.1. The average Bonchev–Trinajstić information content (AvgIpc) is 3.24. The van der Waals surface area contributed by atoms with Crippen LogP contribution in [0.1, 0.15) is 28.3 Å². The zero-order valence-corrected chi connectivity index (χ0v) is 13.7. The topological polar surface area (TPSA) is 53.8 Å². The second-order valence-electron chi connectivity index (χ2n) is 6.60. The van der Waals surface area contributed by atoms with Gasteiger partial charge in [-0.1, -0.05) is 18.2 Å². The highest BCUT2D eigenvalue weighted by Gasteiger charge is 2.47. The van der Waals surface area contributed by atoms with Crippen molar-refractivity contribution in [3.63, 3.8) is 0 Å². The van der Waals surface area contributed by atoms with Crippen molar-refractivity contribution in [1.29, 1.82) is 0 Å². The van der Waals surface area contributed by atoms with E-state index in [2.05, 4.69) is 0 Å². The van der Waals surface area contributed by atoms with E-state index in [1.807, 2.05) is 0 Å². The van der Waals surface area contributed by atoms with Crippen LogP contribution < -0.4 is 0 Å². The largest absolute Gasteiger partial charge is 0.472 e. The Morgan fingerprint density at radius 1 is 1.04 bits per heavy atom. The minimum absolute atomic E-state index is 0.0145. The third-order valence-electron chi connectivity index (χ3n) is 5.06. The van der Waals surface area contributed by atoms with Crippen molar-refractivity contribution >= 4 is 11.8 Å². The van der Waals surface area contributed by atoms with Crippen LogP contribution in [0.3, 0.4) is 0 Å². The fraction of sp³-hybridized carbons (Fsp3) is 0.368. The number of rotatable bonds is 3. The molecule has 1 saturated carbocycles. The molecule has 2 unspecified atom stereocenters. The Labute approximate surface area is 145 Å². The molecule has 2 fully saturated rings. The zero-order chi connectivity index (χ0) is 17.4. The minimum atomic E-state index is -0.238. The Hall–Kier alpha value is -2.63. The maximum Gasteiger partial charge on any atom is 0.257 e. The van der Waals surface area contributed by atoms with Gasteiger partial charge in [0.2, 0.25) is 5.91 Å². The number of nitrogens with zero attached hydrogens (tertiary/aromatic N) is 2. The number of carbonyl (C=O) groups excluding carboxylic acids is 2. The quantitative estimate of drug-likeness (QED) is 0.861. The molecule has 2 aromatic rings. The van der Waals surface area contributed by atoms with Crippen molar-refractivity contribution in [2.75, 3.05) is 26.2 Å². The molecular formula is C19H19FN2O3. The van der Waals surface area contributed by atoms with Gasteiger partial charge in [-0.05, 0) is 30.0 Å². The summed E-state index contributed by atoms with van der Waals surface area (Å²) in [5.74, 6) is -0.384. The lowest BCUT2D eigenvalue weighted by atomic mass is 10.1. The Morgan fingerprint density at radius 3 is 2.44 bits per heavy atom. The van der Waals surface area contributed by atoms with Gasteiger partial charge in [0.05, 0.1) is 11.8 Å². The van der Waals surface area contributed by atoms with Gasteiger partial charge in [0, 0.05) is 32.1 Å². The summed E-state index contributed by atoms with van der Waals surface area (Å²) in [4.78, 5) is 28.5. The number of piperazine rings is 1. The summed E-state index contributed by atoms with van der Waals surface area (Å²) >= 11 is 0. The van der Waals surface area contributed by atoms with Crippen LogP contribution in [0, 0.1) is 11.7 Å². The molecule has 1 aromatic carbocycles. The Balaban J connectivity index is 1.33. The van der Waals surface area contributed by atoms with Gasteiger partial charge >= 0.3 is 0 Å². The maximum atomic E-state index is 13.9. The molecule has 25 heavy (non-hydrogen) atoms. The molecule has 0 N–H and O–H groups in total. The van der Waals surface area contributed by atoms with E-state index in [9.17, 15) is 14.0 Å². The van der Waals surface area contributed by atoms with Gasteiger partial charge in [-0.2, -0.15) is 0 Å². The predicted molar refractivity (Wildman–Crippen MR) is 88.4 cm³/mol. The second kappa shape index (κ2) is 6.35. The second-order valence-corrected chi connectivity index (χ2v) is 6.60. The fourth-order valence-corrected chi connectivity index (χ4v) is 3.52. The lowest BCUT2D eigenvalue weighted by Gasteiger charge is -2.34. The molecule has 1 aliphatic carbocycles. The molecular weight excluding hydrogens is 323 g/mol. The van der Waals surface area contributed by atoms with Crippen LogP contribution in [0.4, 0.5) is 4.39 Å². The molecule has 0 bridgehead atoms. The molecule has 130 valence electrons. The summed E-state index contributed by atoms with van der Waals surface area (Å²) in [5, 5.41) is 0. The fourth-order valence-electron chi connectivity index (χ4n) is 3.52. The van der Waals surface area contributed by atoms with E-state index >= 15 is 0 Å². The first kappa shape index (κ1) is 15.9. The highest BCUT2D eigenvalue weighted by molar-refractivity contribution is 5.94. The SMILES string of the molecule is O=C(c1ccoc1)N1CCN(C(=O)C2CC2c2ccccc2F)CC1. The number of hydrogen-bond donors (Lipinski definition) is 0. The molecule has 4 rings (SSSR count). The van der Waals surface area contributed by atoms with E-state index in [1.165, 1.54) is 18.6 Å². The van der Waals surface area contributed by atoms with Crippen molar-refractivity contribution in [3.05, 3.63) is 59.8 Å². The van der Waals surface area contributed by atoms with E-state index in [1.54, 1.807) is 34.1 Å². The van der Waals surface area contributed by atoms with Crippen molar-refractivity contribution in [3.8, 4) is 0 Å². The number of halogens is 1. The van der Waals surface area contributed by atoms with E-state index in [-0.39, 0.29) is 29.5 Å². The average molecular weight is 342 g/mol. The first-order valence-corrected chi connectivity index (χ1v) is 8.50. The van der Waals surface area contributed by atoms with Gasteiger partial charge in [0.15, 0.2) is 0 Å². The molecule has 2 atom stereocenters. The molecule has 2 aliphatic rings. The van der Waals surface area contributed by atoms with E-state index in [0.717, 1.165) is 0 Å². The predicted octanol–water partition coefficient (Wildman–Crippen LogP) is 2.51. The van der Waals surface area contributed by atoms with Crippen LogP contribution in [0.2, 0.25) is 0 Å². The van der Waals surface area contributed by atoms with Crippen LogP contribution in [-0.2, 0) is 4.79 Å². The molecule has 6 heteroatoms. The van der Waals surface area contributed by atoms with Gasteiger partial charge in [0.1, 0.15) is 12.1 Å². The standard InChI is InChI=1S/C19H19FN2O3/c20-17-4-2-1-3-14(17)15-11-16(15)19(24)22-8-6-21(7-9-22)18(23)13-5-10-25-12-13/h1-5,10,12,15-16H,6-9,11H2. The Kier molecular flexibility index (Phi) is 4.03. The third kappa shape index (κ3) is 3.04. The molecule has 5 nitrogen and oxygen atoms in total. The van der Waals surface area contributed by atoms with Crippen LogP contribution in [0.15, 0.2) is 47.3 Å². The van der Waals surface area contributed by atoms with Crippen LogP contribution in [0.5, 0.6) is 0 Å². The third-order valence-corrected chi connectivity index (χ3v) is 5.06. The number of hydrogen-bond acceptors (Lipinski definition) is 3. The Morgan fingerprint density at radius 2 is 1.76 bits per heavy atom. The van der Waals surface area contributed by atoms with Gasteiger partial charge < -0.3 is 14.2 Å². The number of carbonyl (C=O) groups is 2. The van der Waals surface area contributed by atoms with E-state index in [4.69, 9.17) is 4.42 Å². The van der Waals surface area contributed by atoms with Crippen molar-refractivity contribution in [2.24, 2.45) is 5.92 Å². The van der Waals surface area contributed by atoms with Crippen LogP contribution in [0.25, 0.3) is 0 Å².